The number of thiophene rings is 3. The van der Waals surface area contributed by atoms with Crippen molar-refractivity contribution < 1.29 is 0 Å². The van der Waals surface area contributed by atoms with Crippen LogP contribution < -0.4 is 5.73 Å². The molecule has 0 aliphatic heterocycles. The van der Waals surface area contributed by atoms with Crippen LogP contribution in [0.1, 0.15) is 18.2 Å². The maximum absolute atomic E-state index is 6.04. The van der Waals surface area contributed by atoms with Gasteiger partial charge in [0.25, 0.3) is 0 Å². The molecule has 0 radical (unpaired) electrons. The molecule has 0 spiro atoms. The number of hydrogen-bond donors (Lipinski definition) is 1. The average Bonchev–Trinajstić information content (AvgIpc) is 3.17. The first-order chi connectivity index (χ1) is 10.2. The zero-order valence-corrected chi connectivity index (χ0v) is 15.7. The maximum Gasteiger partial charge on any atom is 0.0705 e. The largest absolute Gasteiger partial charge is 0.327 e. The molecule has 1 unspecified atom stereocenters. The van der Waals surface area contributed by atoms with Gasteiger partial charge in [-0.3, -0.25) is 0 Å². The van der Waals surface area contributed by atoms with Crippen LogP contribution in [0.5, 0.6) is 0 Å². The molecular formula is C16H16BrNS3. The summed E-state index contributed by atoms with van der Waals surface area (Å²) in [5.74, 6) is 0. The molecule has 3 rings (SSSR count). The predicted molar refractivity (Wildman–Crippen MR) is 101 cm³/mol. The second kappa shape index (κ2) is 6.75. The van der Waals surface area contributed by atoms with Crippen LogP contribution in [0.25, 0.3) is 19.5 Å². The van der Waals surface area contributed by atoms with E-state index in [1.807, 2.05) is 22.7 Å². The summed E-state index contributed by atoms with van der Waals surface area (Å²) in [6.07, 6.45) is 2.01. The van der Waals surface area contributed by atoms with E-state index in [2.05, 4.69) is 59.3 Å². The van der Waals surface area contributed by atoms with Gasteiger partial charge < -0.3 is 5.73 Å². The molecule has 0 saturated carbocycles. The van der Waals surface area contributed by atoms with E-state index < -0.39 is 0 Å². The SMILES string of the molecule is CCC(N)Cc1ccc(-c2ccc(-c3ccc(Br)s3)s2)s1. The first kappa shape index (κ1) is 15.4. The standard InChI is InChI=1S/C16H16BrNS3/c1-2-10(18)9-11-3-4-12(19-11)13-5-6-14(20-13)15-7-8-16(17)21-15/h3-8,10H,2,9,18H2,1H3. The van der Waals surface area contributed by atoms with Gasteiger partial charge in [0, 0.05) is 30.4 Å². The van der Waals surface area contributed by atoms with Gasteiger partial charge in [-0.15, -0.1) is 34.0 Å². The van der Waals surface area contributed by atoms with E-state index in [1.54, 1.807) is 11.3 Å². The summed E-state index contributed by atoms with van der Waals surface area (Å²) >= 11 is 9.03. The van der Waals surface area contributed by atoms with Gasteiger partial charge in [0.2, 0.25) is 0 Å². The van der Waals surface area contributed by atoms with Gasteiger partial charge in [-0.1, -0.05) is 6.92 Å². The van der Waals surface area contributed by atoms with Crippen molar-refractivity contribution in [3.05, 3.63) is 45.1 Å². The van der Waals surface area contributed by atoms with Gasteiger partial charge in [0.15, 0.2) is 0 Å². The van der Waals surface area contributed by atoms with Crippen molar-refractivity contribution in [3.8, 4) is 19.5 Å². The van der Waals surface area contributed by atoms with E-state index in [9.17, 15) is 0 Å². The summed E-state index contributed by atoms with van der Waals surface area (Å²) in [7, 11) is 0. The summed E-state index contributed by atoms with van der Waals surface area (Å²) in [6.45, 7) is 2.14. The summed E-state index contributed by atoms with van der Waals surface area (Å²) in [5.41, 5.74) is 6.04. The van der Waals surface area contributed by atoms with E-state index in [1.165, 1.54) is 28.2 Å². The molecule has 3 aromatic heterocycles. The maximum atomic E-state index is 6.04. The van der Waals surface area contributed by atoms with Crippen LogP contribution in [0, 0.1) is 0 Å². The molecule has 0 saturated heterocycles. The molecule has 1 nitrogen and oxygen atoms in total. The highest BCUT2D eigenvalue weighted by Gasteiger charge is 2.10. The Labute approximate surface area is 145 Å². The molecule has 3 aromatic rings. The van der Waals surface area contributed by atoms with Gasteiger partial charge >= 0.3 is 0 Å². The smallest absolute Gasteiger partial charge is 0.0705 e. The lowest BCUT2D eigenvalue weighted by Crippen LogP contribution is -2.20. The van der Waals surface area contributed by atoms with Gasteiger partial charge in [-0.05, 0) is 65.2 Å². The van der Waals surface area contributed by atoms with Gasteiger partial charge in [0.1, 0.15) is 0 Å². The fraction of sp³-hybridized carbons (Fsp3) is 0.250. The van der Waals surface area contributed by atoms with Crippen molar-refractivity contribution in [3.63, 3.8) is 0 Å². The first-order valence-corrected chi connectivity index (χ1v) is 10.1. The zero-order valence-electron chi connectivity index (χ0n) is 11.6. The van der Waals surface area contributed by atoms with Crippen molar-refractivity contribution in [1.82, 2.24) is 0 Å². The Kier molecular flexibility index (Phi) is 4.96. The normalized spacial score (nSPS) is 12.7. The summed E-state index contributed by atoms with van der Waals surface area (Å²) in [6, 6.07) is 13.4. The monoisotopic (exact) mass is 397 g/mol. The van der Waals surface area contributed by atoms with Crippen LogP contribution in [-0.4, -0.2) is 6.04 Å². The Bertz CT molecular complexity index is 725. The molecule has 21 heavy (non-hydrogen) atoms. The Morgan fingerprint density at radius 1 is 0.905 bits per heavy atom. The third kappa shape index (κ3) is 3.66. The van der Waals surface area contributed by atoms with Crippen LogP contribution in [0.3, 0.4) is 0 Å². The minimum absolute atomic E-state index is 0.277. The molecule has 0 aromatic carbocycles. The fourth-order valence-electron chi connectivity index (χ4n) is 2.07. The number of hydrogen-bond acceptors (Lipinski definition) is 4. The van der Waals surface area contributed by atoms with Crippen molar-refractivity contribution >= 4 is 49.9 Å². The molecule has 0 amide bonds. The van der Waals surface area contributed by atoms with Crippen LogP contribution in [0.2, 0.25) is 0 Å². The quantitative estimate of drug-likeness (QED) is 0.540. The summed E-state index contributed by atoms with van der Waals surface area (Å²) in [5, 5.41) is 0. The van der Waals surface area contributed by atoms with Crippen LogP contribution >= 0.6 is 49.9 Å². The van der Waals surface area contributed by atoms with Crippen LogP contribution in [0.4, 0.5) is 0 Å². The number of nitrogens with two attached hydrogens (primary N) is 1. The van der Waals surface area contributed by atoms with E-state index >= 15 is 0 Å². The van der Waals surface area contributed by atoms with Gasteiger partial charge in [0.05, 0.1) is 3.79 Å². The minimum Gasteiger partial charge on any atom is -0.327 e. The minimum atomic E-state index is 0.277. The third-order valence-electron chi connectivity index (χ3n) is 3.31. The zero-order chi connectivity index (χ0) is 14.8. The first-order valence-electron chi connectivity index (χ1n) is 6.86. The Hall–Kier alpha value is -0.460. The molecule has 110 valence electrons. The predicted octanol–water partition coefficient (Wildman–Crippen LogP) is 6.25. The van der Waals surface area contributed by atoms with E-state index in [0.29, 0.717) is 0 Å². The highest BCUT2D eigenvalue weighted by molar-refractivity contribution is 9.11. The molecule has 2 N–H and O–H groups in total. The van der Waals surface area contributed by atoms with Crippen molar-refractivity contribution in [2.24, 2.45) is 5.73 Å². The number of halogens is 1. The Morgan fingerprint density at radius 3 is 2.10 bits per heavy atom. The molecule has 0 bridgehead atoms. The van der Waals surface area contributed by atoms with Crippen molar-refractivity contribution in [2.75, 3.05) is 0 Å². The lowest BCUT2D eigenvalue weighted by Gasteiger charge is -2.05. The van der Waals surface area contributed by atoms with Gasteiger partial charge in [-0.2, -0.15) is 0 Å². The van der Waals surface area contributed by atoms with E-state index in [0.717, 1.165) is 12.8 Å². The lowest BCUT2D eigenvalue weighted by molar-refractivity contribution is 0.652. The van der Waals surface area contributed by atoms with Crippen LogP contribution in [0.15, 0.2) is 40.2 Å². The molecular weight excluding hydrogens is 382 g/mol. The third-order valence-corrected chi connectivity index (χ3v) is 7.52. The molecule has 3 heterocycles. The Morgan fingerprint density at radius 2 is 1.48 bits per heavy atom. The molecule has 1 atom stereocenters. The summed E-state index contributed by atoms with van der Waals surface area (Å²) < 4.78 is 1.18. The second-order valence-corrected chi connectivity index (χ2v) is 9.62. The van der Waals surface area contributed by atoms with Gasteiger partial charge in [-0.25, -0.2) is 0 Å². The number of rotatable bonds is 5. The topological polar surface area (TPSA) is 26.0 Å². The average molecular weight is 398 g/mol. The Balaban J connectivity index is 1.80. The highest BCUT2D eigenvalue weighted by Crippen LogP contribution is 2.40. The van der Waals surface area contributed by atoms with Crippen molar-refractivity contribution in [1.29, 1.82) is 0 Å². The van der Waals surface area contributed by atoms with Crippen molar-refractivity contribution in [2.45, 2.75) is 25.8 Å². The molecule has 0 fully saturated rings. The second-order valence-electron chi connectivity index (χ2n) is 4.91. The van der Waals surface area contributed by atoms with E-state index in [4.69, 9.17) is 5.73 Å². The molecule has 0 aliphatic rings. The van der Waals surface area contributed by atoms with E-state index in [-0.39, 0.29) is 6.04 Å². The fourth-order valence-corrected chi connectivity index (χ4v) is 5.75. The highest BCUT2D eigenvalue weighted by atomic mass is 79.9. The summed E-state index contributed by atoms with van der Waals surface area (Å²) in [4.78, 5) is 6.73. The molecule has 0 aliphatic carbocycles. The lowest BCUT2D eigenvalue weighted by atomic mass is 10.1. The molecule has 5 heteroatoms. The van der Waals surface area contributed by atoms with Crippen LogP contribution in [-0.2, 0) is 6.42 Å².